The van der Waals surface area contributed by atoms with Crippen molar-refractivity contribution in [3.05, 3.63) is 35.6 Å². The third kappa shape index (κ3) is 1.48. The van der Waals surface area contributed by atoms with Crippen molar-refractivity contribution >= 4 is 0 Å². The molecule has 12 heavy (non-hydrogen) atoms. The summed E-state index contributed by atoms with van der Waals surface area (Å²) < 4.78 is 12.6. The molecular formula is C10H11FN. The highest BCUT2D eigenvalue weighted by atomic mass is 19.1. The van der Waals surface area contributed by atoms with Crippen LogP contribution in [0.1, 0.15) is 17.9 Å². The Hall–Kier alpha value is -0.890. The van der Waals surface area contributed by atoms with E-state index in [4.69, 9.17) is 0 Å². The summed E-state index contributed by atoms with van der Waals surface area (Å²) in [6, 6.07) is 6.77. The number of rotatable bonds is 1. The molecule has 0 saturated carbocycles. The minimum absolute atomic E-state index is 0.159. The number of halogens is 1. The van der Waals surface area contributed by atoms with Gasteiger partial charge in [-0.2, -0.15) is 0 Å². The van der Waals surface area contributed by atoms with E-state index in [1.807, 2.05) is 12.1 Å². The summed E-state index contributed by atoms with van der Waals surface area (Å²) in [5.74, 6) is 0.374. The fraction of sp³-hybridized carbons (Fsp3) is 0.400. The minimum atomic E-state index is -0.159. The molecule has 0 N–H and O–H groups in total. The average molecular weight is 164 g/mol. The molecule has 0 amide bonds. The van der Waals surface area contributed by atoms with E-state index in [0.29, 0.717) is 5.92 Å². The Morgan fingerprint density at radius 2 is 2.00 bits per heavy atom. The van der Waals surface area contributed by atoms with E-state index in [0.717, 1.165) is 19.5 Å². The maximum atomic E-state index is 12.6. The van der Waals surface area contributed by atoms with Crippen LogP contribution in [0.15, 0.2) is 24.3 Å². The lowest BCUT2D eigenvalue weighted by Gasteiger charge is -2.06. The van der Waals surface area contributed by atoms with Gasteiger partial charge in [0, 0.05) is 13.1 Å². The van der Waals surface area contributed by atoms with Crippen LogP contribution in [0, 0.1) is 5.82 Å². The lowest BCUT2D eigenvalue weighted by atomic mass is 9.99. The van der Waals surface area contributed by atoms with Crippen LogP contribution < -0.4 is 5.32 Å². The van der Waals surface area contributed by atoms with Crippen LogP contribution in [0.4, 0.5) is 4.39 Å². The van der Waals surface area contributed by atoms with Crippen LogP contribution >= 0.6 is 0 Å². The van der Waals surface area contributed by atoms with E-state index in [1.54, 1.807) is 0 Å². The largest absolute Gasteiger partial charge is 0.241 e. The Bertz CT molecular complexity index is 249. The van der Waals surface area contributed by atoms with Crippen molar-refractivity contribution in [2.45, 2.75) is 12.3 Å². The Kier molecular flexibility index (Phi) is 2.09. The molecule has 1 heterocycles. The molecular weight excluding hydrogens is 153 g/mol. The lowest BCUT2D eigenvalue weighted by molar-refractivity contribution is 0.625. The maximum absolute atomic E-state index is 12.6. The zero-order valence-corrected chi connectivity index (χ0v) is 6.83. The number of nitrogens with zero attached hydrogens (tertiary/aromatic N) is 1. The Balaban J connectivity index is 2.17. The molecule has 1 radical (unpaired) electrons. The van der Waals surface area contributed by atoms with Gasteiger partial charge in [-0.3, -0.25) is 0 Å². The van der Waals surface area contributed by atoms with Crippen molar-refractivity contribution in [3.63, 3.8) is 0 Å². The van der Waals surface area contributed by atoms with Gasteiger partial charge in [-0.05, 0) is 30.0 Å². The van der Waals surface area contributed by atoms with Gasteiger partial charge in [0.25, 0.3) is 0 Å². The molecule has 0 spiro atoms. The third-order valence-electron chi connectivity index (χ3n) is 2.33. The Morgan fingerprint density at radius 3 is 2.58 bits per heavy atom. The van der Waals surface area contributed by atoms with Crippen molar-refractivity contribution in [2.24, 2.45) is 0 Å². The molecule has 1 unspecified atom stereocenters. The van der Waals surface area contributed by atoms with Gasteiger partial charge < -0.3 is 0 Å². The molecule has 1 aliphatic heterocycles. The second-order valence-corrected chi connectivity index (χ2v) is 3.17. The monoisotopic (exact) mass is 164 g/mol. The molecule has 0 aliphatic carbocycles. The third-order valence-corrected chi connectivity index (χ3v) is 2.33. The van der Waals surface area contributed by atoms with Crippen LogP contribution in [0.25, 0.3) is 0 Å². The second-order valence-electron chi connectivity index (χ2n) is 3.17. The van der Waals surface area contributed by atoms with E-state index < -0.39 is 0 Å². The summed E-state index contributed by atoms with van der Waals surface area (Å²) in [7, 11) is 0. The molecule has 1 aromatic carbocycles. The van der Waals surface area contributed by atoms with Crippen LogP contribution in [0.5, 0.6) is 0 Å². The van der Waals surface area contributed by atoms with Crippen molar-refractivity contribution in [1.82, 2.24) is 5.32 Å². The number of hydrogen-bond acceptors (Lipinski definition) is 0. The summed E-state index contributed by atoms with van der Waals surface area (Å²) in [4.78, 5) is 0. The van der Waals surface area contributed by atoms with Crippen molar-refractivity contribution < 1.29 is 4.39 Å². The minimum Gasteiger partial charge on any atom is -0.241 e. The summed E-state index contributed by atoms with van der Waals surface area (Å²) in [5.41, 5.74) is 1.22. The molecule has 1 fully saturated rings. The second kappa shape index (κ2) is 3.23. The first-order valence-electron chi connectivity index (χ1n) is 4.25. The van der Waals surface area contributed by atoms with E-state index in [2.05, 4.69) is 5.32 Å². The van der Waals surface area contributed by atoms with Crippen LogP contribution in [-0.4, -0.2) is 13.1 Å². The fourth-order valence-corrected chi connectivity index (χ4v) is 1.59. The average Bonchev–Trinajstić information content (AvgIpc) is 2.58. The molecule has 1 aromatic rings. The van der Waals surface area contributed by atoms with Gasteiger partial charge in [0.15, 0.2) is 0 Å². The van der Waals surface area contributed by atoms with Crippen molar-refractivity contribution in [1.29, 1.82) is 0 Å². The van der Waals surface area contributed by atoms with Gasteiger partial charge in [-0.1, -0.05) is 12.1 Å². The van der Waals surface area contributed by atoms with E-state index in [9.17, 15) is 4.39 Å². The van der Waals surface area contributed by atoms with Crippen LogP contribution in [-0.2, 0) is 0 Å². The molecule has 1 nitrogen and oxygen atoms in total. The first-order chi connectivity index (χ1) is 5.86. The molecule has 1 aliphatic rings. The molecule has 0 aromatic heterocycles. The molecule has 1 saturated heterocycles. The van der Waals surface area contributed by atoms with E-state index in [-0.39, 0.29) is 5.82 Å². The Morgan fingerprint density at radius 1 is 1.25 bits per heavy atom. The van der Waals surface area contributed by atoms with E-state index >= 15 is 0 Å². The van der Waals surface area contributed by atoms with Gasteiger partial charge in [0.2, 0.25) is 0 Å². The smallest absolute Gasteiger partial charge is 0.123 e. The number of hydrogen-bond donors (Lipinski definition) is 0. The van der Waals surface area contributed by atoms with Gasteiger partial charge in [-0.25, -0.2) is 9.71 Å². The van der Waals surface area contributed by atoms with Crippen molar-refractivity contribution in [2.75, 3.05) is 13.1 Å². The fourth-order valence-electron chi connectivity index (χ4n) is 1.59. The highest BCUT2D eigenvalue weighted by Crippen LogP contribution is 2.22. The summed E-state index contributed by atoms with van der Waals surface area (Å²) >= 11 is 0. The highest BCUT2D eigenvalue weighted by Gasteiger charge is 2.16. The first-order valence-corrected chi connectivity index (χ1v) is 4.25. The number of benzene rings is 1. The van der Waals surface area contributed by atoms with Gasteiger partial charge in [0.1, 0.15) is 5.82 Å². The summed E-state index contributed by atoms with van der Waals surface area (Å²) in [6.45, 7) is 1.87. The first kappa shape index (κ1) is 7.74. The summed E-state index contributed by atoms with van der Waals surface area (Å²) in [6.07, 6.45) is 1.12. The SMILES string of the molecule is Fc1ccc(C2CC[N]C2)cc1. The molecule has 2 rings (SSSR count). The molecule has 0 bridgehead atoms. The van der Waals surface area contributed by atoms with E-state index in [1.165, 1.54) is 17.7 Å². The standard InChI is InChI=1S/C10H11FN/c11-10-3-1-8(2-4-10)9-5-6-12-7-9/h1-4,9H,5-7H2. The normalized spacial score (nSPS) is 22.9. The van der Waals surface area contributed by atoms with Gasteiger partial charge >= 0.3 is 0 Å². The molecule has 1 atom stereocenters. The predicted octanol–water partition coefficient (Wildman–Crippen LogP) is 1.92. The molecule has 63 valence electrons. The molecule has 2 heteroatoms. The van der Waals surface area contributed by atoms with Crippen LogP contribution in [0.2, 0.25) is 0 Å². The zero-order chi connectivity index (χ0) is 8.39. The Labute approximate surface area is 71.6 Å². The predicted molar refractivity (Wildman–Crippen MR) is 45.6 cm³/mol. The van der Waals surface area contributed by atoms with Gasteiger partial charge in [-0.15, -0.1) is 0 Å². The topological polar surface area (TPSA) is 14.1 Å². The maximum Gasteiger partial charge on any atom is 0.123 e. The van der Waals surface area contributed by atoms with Gasteiger partial charge in [0.05, 0.1) is 0 Å². The van der Waals surface area contributed by atoms with Crippen molar-refractivity contribution in [3.8, 4) is 0 Å². The zero-order valence-electron chi connectivity index (χ0n) is 6.83. The highest BCUT2D eigenvalue weighted by molar-refractivity contribution is 5.21. The lowest BCUT2D eigenvalue weighted by Crippen LogP contribution is -2.00. The quantitative estimate of drug-likeness (QED) is 0.602. The summed E-state index contributed by atoms with van der Waals surface area (Å²) in [5, 5.41) is 4.27. The van der Waals surface area contributed by atoms with Crippen LogP contribution in [0.3, 0.4) is 0 Å².